The van der Waals surface area contributed by atoms with Crippen molar-refractivity contribution in [3.05, 3.63) is 0 Å². The molecule has 0 aromatic rings. The molecule has 0 amide bonds. The summed E-state index contributed by atoms with van der Waals surface area (Å²) in [5, 5.41) is 8.40. The number of rotatable bonds is 33. The summed E-state index contributed by atoms with van der Waals surface area (Å²) in [7, 11) is 0. The van der Waals surface area contributed by atoms with Gasteiger partial charge in [0.2, 0.25) is 0 Å². The van der Waals surface area contributed by atoms with Crippen molar-refractivity contribution in [1.82, 2.24) is 0 Å². The van der Waals surface area contributed by atoms with Gasteiger partial charge in [0, 0.05) is 0 Å². The molecule has 14 heteroatoms. The number of carboxylic acids is 1. The van der Waals surface area contributed by atoms with Crippen LogP contribution in [0.1, 0.15) is 13.3 Å². The van der Waals surface area contributed by atoms with Crippen LogP contribution < -0.4 is 0 Å². The quantitative estimate of drug-likeness (QED) is 0.0840. The van der Waals surface area contributed by atoms with Crippen molar-refractivity contribution in [3.8, 4) is 0 Å². The molecule has 14 nitrogen and oxygen atoms in total. The molecule has 0 radical (unpaired) electrons. The monoisotopic (exact) mass is 572 g/mol. The zero-order chi connectivity index (χ0) is 28.5. The second kappa shape index (κ2) is 32.8. The molecule has 39 heavy (non-hydrogen) atoms. The lowest BCUT2D eigenvalue weighted by molar-refractivity contribution is -0.144. The second-order valence-electron chi connectivity index (χ2n) is 7.51. The van der Waals surface area contributed by atoms with Gasteiger partial charge in [0.15, 0.2) is 0 Å². The summed E-state index contributed by atoms with van der Waals surface area (Å²) in [6, 6.07) is 0. The third-order valence-corrected chi connectivity index (χ3v) is 4.33. The molecule has 0 aliphatic rings. The fourth-order valence-corrected chi connectivity index (χ4v) is 2.53. The Bertz CT molecular complexity index is 523. The fourth-order valence-electron chi connectivity index (χ4n) is 2.53. The molecule has 0 rings (SSSR count). The van der Waals surface area contributed by atoms with E-state index in [9.17, 15) is 9.59 Å². The molecular weight excluding hydrogens is 524 g/mol. The van der Waals surface area contributed by atoms with E-state index >= 15 is 0 Å². The third-order valence-electron chi connectivity index (χ3n) is 4.33. The van der Waals surface area contributed by atoms with Gasteiger partial charge >= 0.3 is 11.9 Å². The Morgan fingerprint density at radius 3 is 0.949 bits per heavy atom. The van der Waals surface area contributed by atoms with Gasteiger partial charge in [-0.2, -0.15) is 0 Å². The van der Waals surface area contributed by atoms with E-state index in [1.54, 1.807) is 6.92 Å². The van der Waals surface area contributed by atoms with E-state index < -0.39 is 5.97 Å². The normalized spacial score (nSPS) is 11.2. The average Bonchev–Trinajstić information content (AvgIpc) is 2.91. The van der Waals surface area contributed by atoms with E-state index in [4.69, 9.17) is 57.2 Å². The molecule has 0 atom stereocenters. The van der Waals surface area contributed by atoms with Crippen LogP contribution in [0.25, 0.3) is 0 Å². The minimum absolute atomic E-state index is 0.239. The highest BCUT2D eigenvalue weighted by Gasteiger charge is 2.01. The van der Waals surface area contributed by atoms with Crippen LogP contribution >= 0.6 is 0 Å². The number of hydrogen-bond acceptors (Lipinski definition) is 13. The second-order valence-corrected chi connectivity index (χ2v) is 7.51. The maximum atomic E-state index is 11.1. The molecule has 1 N–H and O–H groups in total. The van der Waals surface area contributed by atoms with Gasteiger partial charge in [0.25, 0.3) is 0 Å². The summed E-state index contributed by atoms with van der Waals surface area (Å²) in [5.41, 5.74) is 0. The van der Waals surface area contributed by atoms with E-state index in [1.165, 1.54) is 0 Å². The molecule has 0 fully saturated rings. The maximum absolute atomic E-state index is 11.1. The van der Waals surface area contributed by atoms with Crippen molar-refractivity contribution in [2.75, 3.05) is 139 Å². The van der Waals surface area contributed by atoms with Crippen LogP contribution in [-0.4, -0.2) is 156 Å². The molecule has 0 aliphatic carbocycles. The fraction of sp³-hybridized carbons (Fsp3) is 0.920. The highest BCUT2D eigenvalue weighted by atomic mass is 16.6. The standard InChI is InChI=1S/C25H48O14/c1-2-39-25(28)3-4-29-5-6-30-7-8-31-9-10-32-11-12-33-13-14-34-15-16-35-17-18-36-19-20-37-21-22-38-23-24(26)27/h2-23H2,1H3,(H,26,27). The minimum Gasteiger partial charge on any atom is -0.480 e. The Kier molecular flexibility index (Phi) is 31.5. The van der Waals surface area contributed by atoms with Gasteiger partial charge in [-0.1, -0.05) is 0 Å². The number of carbonyl (C=O) groups is 2. The smallest absolute Gasteiger partial charge is 0.329 e. The molecule has 0 aliphatic heterocycles. The molecule has 0 unspecified atom stereocenters. The van der Waals surface area contributed by atoms with Gasteiger partial charge in [-0.25, -0.2) is 4.79 Å². The Balaban J connectivity index is 3.06. The summed E-state index contributed by atoms with van der Waals surface area (Å²) in [5.74, 6) is -1.25. The lowest BCUT2D eigenvalue weighted by Crippen LogP contribution is -2.15. The number of carbonyl (C=O) groups excluding carboxylic acids is 1. The maximum Gasteiger partial charge on any atom is 0.329 e. The molecule has 0 saturated carbocycles. The summed E-state index contributed by atoms with van der Waals surface area (Å²) >= 11 is 0. The predicted molar refractivity (Wildman–Crippen MR) is 137 cm³/mol. The third kappa shape index (κ3) is 34.5. The topological polar surface area (TPSA) is 156 Å². The minimum atomic E-state index is -0.998. The van der Waals surface area contributed by atoms with Gasteiger partial charge in [0.1, 0.15) is 6.61 Å². The Morgan fingerprint density at radius 2 is 0.692 bits per heavy atom. The largest absolute Gasteiger partial charge is 0.480 e. The van der Waals surface area contributed by atoms with Gasteiger partial charge in [-0.3, -0.25) is 4.79 Å². The van der Waals surface area contributed by atoms with Crippen LogP contribution in [0.4, 0.5) is 0 Å². The first-order valence-corrected chi connectivity index (χ1v) is 13.3. The summed E-state index contributed by atoms with van der Waals surface area (Å²) in [4.78, 5) is 21.4. The molecule has 0 aromatic heterocycles. The van der Waals surface area contributed by atoms with Crippen LogP contribution in [0.2, 0.25) is 0 Å². The van der Waals surface area contributed by atoms with Crippen molar-refractivity contribution < 1.29 is 66.8 Å². The van der Waals surface area contributed by atoms with Gasteiger partial charge in [0.05, 0.1) is 139 Å². The number of carboxylic acid groups (broad SMARTS) is 1. The number of ether oxygens (including phenoxy) is 11. The Hall–Kier alpha value is -1.46. The van der Waals surface area contributed by atoms with Gasteiger partial charge in [-0.05, 0) is 6.92 Å². The SMILES string of the molecule is CCOC(=O)CCOCCOCCOCCOCCOCCOCCOCCOCCOCCOCC(=O)O. The molecule has 0 aromatic carbocycles. The zero-order valence-corrected chi connectivity index (χ0v) is 23.3. The van der Waals surface area contributed by atoms with E-state index in [-0.39, 0.29) is 25.6 Å². The van der Waals surface area contributed by atoms with Crippen molar-refractivity contribution in [1.29, 1.82) is 0 Å². The molecule has 0 heterocycles. The van der Waals surface area contributed by atoms with E-state index in [0.717, 1.165) is 0 Å². The molecule has 0 spiro atoms. The molecule has 232 valence electrons. The Morgan fingerprint density at radius 1 is 0.436 bits per heavy atom. The first-order valence-electron chi connectivity index (χ1n) is 13.3. The first kappa shape index (κ1) is 37.5. The van der Waals surface area contributed by atoms with Crippen LogP contribution in [-0.2, 0) is 61.7 Å². The van der Waals surface area contributed by atoms with Gasteiger partial charge in [-0.15, -0.1) is 0 Å². The van der Waals surface area contributed by atoms with Crippen molar-refractivity contribution in [2.24, 2.45) is 0 Å². The molecular formula is C25H48O14. The first-order chi connectivity index (χ1) is 19.2. The van der Waals surface area contributed by atoms with Crippen LogP contribution in [0.3, 0.4) is 0 Å². The molecule has 0 saturated heterocycles. The highest BCUT2D eigenvalue weighted by molar-refractivity contribution is 5.69. The van der Waals surface area contributed by atoms with Crippen LogP contribution in [0, 0.1) is 0 Å². The lowest BCUT2D eigenvalue weighted by Gasteiger charge is -2.09. The molecule has 0 bridgehead atoms. The van der Waals surface area contributed by atoms with E-state index in [0.29, 0.717) is 126 Å². The highest BCUT2D eigenvalue weighted by Crippen LogP contribution is 1.89. The lowest BCUT2D eigenvalue weighted by atomic mass is 10.5. The number of hydrogen-bond donors (Lipinski definition) is 1. The number of aliphatic carboxylic acids is 1. The van der Waals surface area contributed by atoms with Crippen LogP contribution in [0.5, 0.6) is 0 Å². The zero-order valence-electron chi connectivity index (χ0n) is 23.3. The van der Waals surface area contributed by atoms with Crippen molar-refractivity contribution in [3.63, 3.8) is 0 Å². The summed E-state index contributed by atoms with van der Waals surface area (Å²) in [6.45, 7) is 10.1. The van der Waals surface area contributed by atoms with Crippen LogP contribution in [0.15, 0.2) is 0 Å². The summed E-state index contributed by atoms with van der Waals surface area (Å²) in [6.07, 6.45) is 0.251. The van der Waals surface area contributed by atoms with Crippen molar-refractivity contribution >= 4 is 11.9 Å². The predicted octanol–water partition coefficient (Wildman–Crippen LogP) is 0.190. The average molecular weight is 573 g/mol. The van der Waals surface area contributed by atoms with Gasteiger partial charge < -0.3 is 57.2 Å². The van der Waals surface area contributed by atoms with E-state index in [1.807, 2.05) is 0 Å². The number of esters is 1. The van der Waals surface area contributed by atoms with E-state index in [2.05, 4.69) is 0 Å². The Labute approximate surface area is 231 Å². The van der Waals surface area contributed by atoms with Crippen molar-refractivity contribution in [2.45, 2.75) is 13.3 Å². The summed E-state index contributed by atoms with van der Waals surface area (Å²) < 4.78 is 57.9.